The van der Waals surface area contributed by atoms with Gasteiger partial charge < -0.3 is 24.3 Å². The predicted octanol–water partition coefficient (Wildman–Crippen LogP) is 4.88. The van der Waals surface area contributed by atoms with Gasteiger partial charge in [-0.15, -0.1) is 0 Å². The Morgan fingerprint density at radius 2 is 1.72 bits per heavy atom. The van der Waals surface area contributed by atoms with Crippen LogP contribution in [-0.4, -0.2) is 33.8 Å². The van der Waals surface area contributed by atoms with Gasteiger partial charge >= 0.3 is 0 Å². The van der Waals surface area contributed by atoms with Gasteiger partial charge in [0.05, 0.1) is 39.2 Å². The molecular formula is C25H26N2O5. The van der Waals surface area contributed by atoms with Gasteiger partial charge in [-0.1, -0.05) is 24.3 Å². The third kappa shape index (κ3) is 3.66. The van der Waals surface area contributed by atoms with Crippen LogP contribution >= 0.6 is 0 Å². The molecule has 0 aromatic heterocycles. The highest BCUT2D eigenvalue weighted by molar-refractivity contribution is 6.12. The van der Waals surface area contributed by atoms with Crippen molar-refractivity contribution >= 4 is 17.3 Å². The maximum atomic E-state index is 13.8. The van der Waals surface area contributed by atoms with Crippen LogP contribution in [0.15, 0.2) is 60.7 Å². The number of benzene rings is 3. The Hall–Kier alpha value is -3.87. The first-order valence-corrected chi connectivity index (χ1v) is 10.3. The van der Waals surface area contributed by atoms with Crippen molar-refractivity contribution in [3.63, 3.8) is 0 Å². The Bertz CT molecular complexity index is 1130. The van der Waals surface area contributed by atoms with E-state index in [0.29, 0.717) is 40.9 Å². The summed E-state index contributed by atoms with van der Waals surface area (Å²) >= 11 is 0. The molecule has 1 N–H and O–H groups in total. The number of fused-ring (bicyclic) bond motifs is 1. The molecule has 0 fully saturated rings. The van der Waals surface area contributed by atoms with Gasteiger partial charge in [-0.25, -0.2) is 0 Å². The summed E-state index contributed by atoms with van der Waals surface area (Å²) in [5.41, 5.74) is 2.69. The minimum atomic E-state index is -0.560. The SMILES string of the molecule is CCOc1cccc(C2Nc3ccccc3C(=O)N2c2ccc(OC)cc2OC)c1OC. The van der Waals surface area contributed by atoms with E-state index >= 15 is 0 Å². The number of rotatable bonds is 7. The lowest BCUT2D eigenvalue weighted by molar-refractivity contribution is 0.0973. The molecule has 0 radical (unpaired) electrons. The van der Waals surface area contributed by atoms with E-state index in [4.69, 9.17) is 18.9 Å². The molecule has 1 aliphatic rings. The van der Waals surface area contributed by atoms with Gasteiger partial charge in [0.15, 0.2) is 11.5 Å². The summed E-state index contributed by atoms with van der Waals surface area (Å²) in [6, 6.07) is 18.5. The highest BCUT2D eigenvalue weighted by Gasteiger charge is 2.37. The van der Waals surface area contributed by atoms with Crippen molar-refractivity contribution in [3.8, 4) is 23.0 Å². The van der Waals surface area contributed by atoms with Crippen molar-refractivity contribution in [2.45, 2.75) is 13.1 Å². The number of amides is 1. The van der Waals surface area contributed by atoms with E-state index in [9.17, 15) is 4.79 Å². The second-order valence-corrected chi connectivity index (χ2v) is 7.12. The molecule has 0 bridgehead atoms. The summed E-state index contributed by atoms with van der Waals surface area (Å²) in [6.07, 6.45) is -0.560. The molecule has 0 saturated heterocycles. The largest absolute Gasteiger partial charge is 0.497 e. The molecule has 3 aromatic rings. The highest BCUT2D eigenvalue weighted by Crippen LogP contribution is 2.45. The zero-order valence-electron chi connectivity index (χ0n) is 18.5. The zero-order chi connectivity index (χ0) is 22.7. The van der Waals surface area contributed by atoms with Crippen LogP contribution in [0.3, 0.4) is 0 Å². The fraction of sp³-hybridized carbons (Fsp3) is 0.240. The summed E-state index contributed by atoms with van der Waals surface area (Å²) < 4.78 is 22.5. The lowest BCUT2D eigenvalue weighted by atomic mass is 10.0. The van der Waals surface area contributed by atoms with Gasteiger partial charge in [0.1, 0.15) is 17.7 Å². The number of hydrogen-bond donors (Lipinski definition) is 1. The van der Waals surface area contributed by atoms with E-state index in [1.807, 2.05) is 49.4 Å². The average molecular weight is 434 g/mol. The number of methoxy groups -OCH3 is 3. The van der Waals surface area contributed by atoms with Gasteiger partial charge in [-0.3, -0.25) is 9.69 Å². The van der Waals surface area contributed by atoms with Crippen LogP contribution in [0.1, 0.15) is 29.0 Å². The maximum absolute atomic E-state index is 13.8. The minimum Gasteiger partial charge on any atom is -0.497 e. The number of para-hydroxylation sites is 2. The quantitative estimate of drug-likeness (QED) is 0.572. The summed E-state index contributed by atoms with van der Waals surface area (Å²) in [7, 11) is 4.75. The fourth-order valence-corrected chi connectivity index (χ4v) is 3.94. The van der Waals surface area contributed by atoms with E-state index in [1.165, 1.54) is 0 Å². The van der Waals surface area contributed by atoms with Crippen LogP contribution in [0.4, 0.5) is 11.4 Å². The minimum absolute atomic E-state index is 0.156. The molecule has 7 heteroatoms. The van der Waals surface area contributed by atoms with E-state index < -0.39 is 6.17 Å². The normalized spacial score (nSPS) is 14.9. The van der Waals surface area contributed by atoms with Crippen LogP contribution in [0, 0.1) is 0 Å². The van der Waals surface area contributed by atoms with Gasteiger partial charge in [0.2, 0.25) is 0 Å². The van der Waals surface area contributed by atoms with Crippen LogP contribution in [0.5, 0.6) is 23.0 Å². The predicted molar refractivity (Wildman–Crippen MR) is 123 cm³/mol. The molecule has 166 valence electrons. The first-order chi connectivity index (χ1) is 15.6. The fourth-order valence-electron chi connectivity index (χ4n) is 3.94. The second kappa shape index (κ2) is 9.09. The average Bonchev–Trinajstić information content (AvgIpc) is 2.83. The van der Waals surface area contributed by atoms with E-state index in [2.05, 4.69) is 5.32 Å². The molecule has 0 saturated carbocycles. The lowest BCUT2D eigenvalue weighted by Gasteiger charge is -2.39. The van der Waals surface area contributed by atoms with Gasteiger partial charge in [-0.05, 0) is 37.3 Å². The molecule has 1 atom stereocenters. The van der Waals surface area contributed by atoms with E-state index in [0.717, 1.165) is 11.3 Å². The van der Waals surface area contributed by atoms with Crippen molar-refractivity contribution in [2.24, 2.45) is 0 Å². The Morgan fingerprint density at radius 1 is 0.906 bits per heavy atom. The molecule has 1 unspecified atom stereocenters. The van der Waals surface area contributed by atoms with Crippen molar-refractivity contribution in [3.05, 3.63) is 71.8 Å². The smallest absolute Gasteiger partial charge is 0.262 e. The second-order valence-electron chi connectivity index (χ2n) is 7.12. The zero-order valence-corrected chi connectivity index (χ0v) is 18.5. The van der Waals surface area contributed by atoms with Crippen LogP contribution < -0.4 is 29.2 Å². The molecule has 1 amide bonds. The number of hydrogen-bond acceptors (Lipinski definition) is 6. The van der Waals surface area contributed by atoms with Gasteiger partial charge in [0.25, 0.3) is 5.91 Å². The van der Waals surface area contributed by atoms with Crippen LogP contribution in [0.2, 0.25) is 0 Å². The van der Waals surface area contributed by atoms with Crippen LogP contribution in [-0.2, 0) is 0 Å². The standard InChI is InChI=1S/C25H26N2O5/c1-5-32-21-12-8-10-18(23(21)31-4)24-26-19-11-7-6-9-17(19)25(28)27(24)20-14-13-16(29-2)15-22(20)30-3/h6-15,24,26H,5H2,1-4H3. The summed E-state index contributed by atoms with van der Waals surface area (Å²) in [5, 5.41) is 3.50. The first kappa shape index (κ1) is 21.4. The molecule has 0 spiro atoms. The van der Waals surface area contributed by atoms with Crippen molar-refractivity contribution in [2.75, 3.05) is 38.2 Å². The summed E-state index contributed by atoms with van der Waals surface area (Å²) in [4.78, 5) is 15.4. The van der Waals surface area contributed by atoms with Crippen molar-refractivity contribution < 1.29 is 23.7 Å². The number of carbonyl (C=O) groups excluding carboxylic acids is 1. The third-order valence-corrected chi connectivity index (χ3v) is 5.38. The molecule has 1 aliphatic heterocycles. The topological polar surface area (TPSA) is 69.3 Å². The molecule has 0 aliphatic carbocycles. The number of carbonyl (C=O) groups is 1. The Balaban J connectivity index is 1.93. The third-order valence-electron chi connectivity index (χ3n) is 5.38. The molecule has 4 rings (SSSR count). The van der Waals surface area contributed by atoms with E-state index in [1.54, 1.807) is 44.4 Å². The molecule has 32 heavy (non-hydrogen) atoms. The number of anilines is 2. The van der Waals surface area contributed by atoms with Crippen molar-refractivity contribution in [1.82, 2.24) is 0 Å². The van der Waals surface area contributed by atoms with Gasteiger partial charge in [0, 0.05) is 17.3 Å². The van der Waals surface area contributed by atoms with E-state index in [-0.39, 0.29) is 5.91 Å². The monoisotopic (exact) mass is 434 g/mol. The van der Waals surface area contributed by atoms with Crippen molar-refractivity contribution in [1.29, 1.82) is 0 Å². The molecule has 1 heterocycles. The number of nitrogens with one attached hydrogen (secondary N) is 1. The summed E-state index contributed by atoms with van der Waals surface area (Å²) in [6.45, 7) is 2.41. The van der Waals surface area contributed by atoms with Gasteiger partial charge in [-0.2, -0.15) is 0 Å². The summed E-state index contributed by atoms with van der Waals surface area (Å²) in [5.74, 6) is 2.18. The molecular weight excluding hydrogens is 408 g/mol. The molecule has 3 aromatic carbocycles. The maximum Gasteiger partial charge on any atom is 0.262 e. The first-order valence-electron chi connectivity index (χ1n) is 10.3. The number of nitrogens with zero attached hydrogens (tertiary/aromatic N) is 1. The lowest BCUT2D eigenvalue weighted by Crippen LogP contribution is -2.43. The Labute approximate surface area is 187 Å². The Morgan fingerprint density at radius 3 is 2.44 bits per heavy atom. The molecule has 7 nitrogen and oxygen atoms in total. The van der Waals surface area contributed by atoms with Crippen LogP contribution in [0.25, 0.3) is 0 Å². The number of ether oxygens (including phenoxy) is 4. The highest BCUT2D eigenvalue weighted by atomic mass is 16.5. The Kier molecular flexibility index (Phi) is 6.07.